The second-order valence-electron chi connectivity index (χ2n) is 4.28. The second kappa shape index (κ2) is 5.43. The van der Waals surface area contributed by atoms with Gasteiger partial charge in [0.05, 0.1) is 0 Å². The molecule has 1 unspecified atom stereocenters. The lowest BCUT2D eigenvalue weighted by atomic mass is 10.1. The molecule has 5 nitrogen and oxygen atoms in total. The molecule has 2 rings (SSSR count). The SMILES string of the molecule is CCC1C(=O)NCCN1c1cc(Cl)nc(C(F)(F)F)n1. The molecule has 0 spiro atoms. The second-order valence-corrected chi connectivity index (χ2v) is 4.67. The number of hydrogen-bond acceptors (Lipinski definition) is 4. The number of anilines is 1. The van der Waals surface area contributed by atoms with Gasteiger partial charge in [0.2, 0.25) is 11.7 Å². The quantitative estimate of drug-likeness (QED) is 0.847. The third kappa shape index (κ3) is 2.95. The Labute approximate surface area is 118 Å². The van der Waals surface area contributed by atoms with Crippen molar-refractivity contribution in [1.82, 2.24) is 15.3 Å². The predicted octanol–water partition coefficient (Wildman–Crippen LogP) is 1.86. The van der Waals surface area contributed by atoms with Crippen LogP contribution in [0.25, 0.3) is 0 Å². The van der Waals surface area contributed by atoms with Crippen molar-refractivity contribution in [3.05, 3.63) is 17.0 Å². The third-order valence-electron chi connectivity index (χ3n) is 2.95. The van der Waals surface area contributed by atoms with Gasteiger partial charge < -0.3 is 10.2 Å². The molecule has 0 radical (unpaired) electrons. The van der Waals surface area contributed by atoms with E-state index in [9.17, 15) is 18.0 Å². The first-order chi connectivity index (χ1) is 9.32. The van der Waals surface area contributed by atoms with Crippen LogP contribution in [0.15, 0.2) is 6.07 Å². The van der Waals surface area contributed by atoms with E-state index in [1.807, 2.05) is 0 Å². The molecule has 1 aromatic rings. The van der Waals surface area contributed by atoms with Crippen LogP contribution in [-0.4, -0.2) is 35.0 Å². The zero-order valence-electron chi connectivity index (χ0n) is 10.5. The number of hydrogen-bond donors (Lipinski definition) is 1. The Balaban J connectivity index is 2.41. The van der Waals surface area contributed by atoms with Crippen LogP contribution in [-0.2, 0) is 11.0 Å². The van der Waals surface area contributed by atoms with E-state index in [1.54, 1.807) is 6.92 Å². The summed E-state index contributed by atoms with van der Waals surface area (Å²) >= 11 is 5.62. The van der Waals surface area contributed by atoms with Crippen LogP contribution in [0.1, 0.15) is 19.2 Å². The highest BCUT2D eigenvalue weighted by molar-refractivity contribution is 6.29. The molecule has 0 aliphatic carbocycles. The van der Waals surface area contributed by atoms with Crippen LogP contribution < -0.4 is 10.2 Å². The summed E-state index contributed by atoms with van der Waals surface area (Å²) in [6.45, 7) is 2.49. The largest absolute Gasteiger partial charge is 0.451 e. The Hall–Kier alpha value is -1.57. The highest BCUT2D eigenvalue weighted by Crippen LogP contribution is 2.30. The Bertz CT molecular complexity index is 523. The topological polar surface area (TPSA) is 58.1 Å². The molecular formula is C11H12ClF3N4O. The van der Waals surface area contributed by atoms with Gasteiger partial charge >= 0.3 is 6.18 Å². The van der Waals surface area contributed by atoms with E-state index < -0.39 is 18.0 Å². The van der Waals surface area contributed by atoms with Crippen LogP contribution in [0.2, 0.25) is 5.15 Å². The van der Waals surface area contributed by atoms with E-state index in [0.29, 0.717) is 19.5 Å². The van der Waals surface area contributed by atoms with E-state index in [0.717, 1.165) is 0 Å². The maximum Gasteiger partial charge on any atom is 0.451 e. The molecule has 1 aromatic heterocycles. The zero-order chi connectivity index (χ0) is 14.9. The number of aromatic nitrogens is 2. The van der Waals surface area contributed by atoms with E-state index in [-0.39, 0.29) is 16.9 Å². The van der Waals surface area contributed by atoms with E-state index >= 15 is 0 Å². The van der Waals surface area contributed by atoms with Crippen LogP contribution in [0.3, 0.4) is 0 Å². The molecule has 2 heterocycles. The maximum atomic E-state index is 12.7. The molecule has 1 N–H and O–H groups in total. The monoisotopic (exact) mass is 308 g/mol. The molecule has 1 saturated heterocycles. The average molecular weight is 309 g/mol. The molecule has 0 saturated carbocycles. The van der Waals surface area contributed by atoms with Crippen LogP contribution in [0.5, 0.6) is 0 Å². The number of rotatable bonds is 2. The Morgan fingerprint density at radius 2 is 2.20 bits per heavy atom. The summed E-state index contributed by atoms with van der Waals surface area (Å²) < 4.78 is 38.1. The van der Waals surface area contributed by atoms with Crippen molar-refractivity contribution >= 4 is 23.3 Å². The minimum atomic E-state index is -4.68. The van der Waals surface area contributed by atoms with Gasteiger partial charge in [0, 0.05) is 19.2 Å². The molecule has 0 aromatic carbocycles. The first-order valence-electron chi connectivity index (χ1n) is 5.99. The van der Waals surface area contributed by atoms with Crippen molar-refractivity contribution in [3.8, 4) is 0 Å². The van der Waals surface area contributed by atoms with Crippen molar-refractivity contribution in [2.24, 2.45) is 0 Å². The van der Waals surface area contributed by atoms with E-state index in [2.05, 4.69) is 15.3 Å². The van der Waals surface area contributed by atoms with Crippen LogP contribution in [0.4, 0.5) is 19.0 Å². The Morgan fingerprint density at radius 1 is 1.50 bits per heavy atom. The maximum absolute atomic E-state index is 12.7. The minimum absolute atomic E-state index is 0.0130. The minimum Gasteiger partial charge on any atom is -0.353 e. The van der Waals surface area contributed by atoms with Gasteiger partial charge in [-0.1, -0.05) is 18.5 Å². The van der Waals surface area contributed by atoms with Crippen molar-refractivity contribution in [3.63, 3.8) is 0 Å². The molecule has 1 atom stereocenters. The fraction of sp³-hybridized carbons (Fsp3) is 0.545. The summed E-state index contributed by atoms with van der Waals surface area (Å²) in [5.41, 5.74) is 0. The lowest BCUT2D eigenvalue weighted by Gasteiger charge is -2.35. The zero-order valence-corrected chi connectivity index (χ0v) is 11.3. The molecule has 1 fully saturated rings. The number of halogens is 4. The van der Waals surface area contributed by atoms with Crippen molar-refractivity contribution < 1.29 is 18.0 Å². The third-order valence-corrected chi connectivity index (χ3v) is 3.14. The Morgan fingerprint density at radius 3 is 2.80 bits per heavy atom. The lowest BCUT2D eigenvalue weighted by Crippen LogP contribution is -2.55. The summed E-state index contributed by atoms with van der Waals surface area (Å²) in [6, 6.07) is 0.675. The number of carbonyl (C=O) groups is 1. The number of carbonyl (C=O) groups excluding carboxylic acids is 1. The molecule has 1 aliphatic rings. The molecule has 110 valence electrons. The van der Waals surface area contributed by atoms with Crippen LogP contribution >= 0.6 is 11.6 Å². The van der Waals surface area contributed by atoms with Crippen LogP contribution in [0, 0.1) is 0 Å². The van der Waals surface area contributed by atoms with Crippen molar-refractivity contribution in [2.45, 2.75) is 25.6 Å². The first kappa shape index (κ1) is 14.8. The summed E-state index contributed by atoms with van der Waals surface area (Å²) in [4.78, 5) is 19.9. The lowest BCUT2D eigenvalue weighted by molar-refractivity contribution is -0.144. The summed E-state index contributed by atoms with van der Waals surface area (Å²) in [6.07, 6.45) is -4.23. The number of alkyl halides is 3. The van der Waals surface area contributed by atoms with Gasteiger partial charge in [-0.15, -0.1) is 0 Å². The molecule has 9 heteroatoms. The summed E-state index contributed by atoms with van der Waals surface area (Å²) in [7, 11) is 0. The molecule has 0 bridgehead atoms. The van der Waals surface area contributed by atoms with Gasteiger partial charge in [0.15, 0.2) is 0 Å². The standard InChI is InChI=1S/C11H12ClF3N4O/c1-2-6-9(20)16-3-4-19(6)8-5-7(12)17-10(18-8)11(13,14)15/h5-6H,2-4H2,1H3,(H,16,20). The van der Waals surface area contributed by atoms with Gasteiger partial charge in [0.1, 0.15) is 17.0 Å². The molecule has 1 aliphatic heterocycles. The Kier molecular flexibility index (Phi) is 4.03. The number of piperazine rings is 1. The predicted molar refractivity (Wildman–Crippen MR) is 66.5 cm³/mol. The fourth-order valence-corrected chi connectivity index (χ4v) is 2.25. The summed E-state index contributed by atoms with van der Waals surface area (Å²) in [5.74, 6) is -1.53. The summed E-state index contributed by atoms with van der Waals surface area (Å²) in [5, 5.41) is 2.36. The van der Waals surface area contributed by atoms with Crippen molar-refractivity contribution in [2.75, 3.05) is 18.0 Å². The fourth-order valence-electron chi connectivity index (χ4n) is 2.07. The highest BCUT2D eigenvalue weighted by Gasteiger charge is 2.37. The number of nitrogens with one attached hydrogen (secondary N) is 1. The van der Waals surface area contributed by atoms with E-state index in [4.69, 9.17) is 11.6 Å². The molecular weight excluding hydrogens is 297 g/mol. The van der Waals surface area contributed by atoms with Gasteiger partial charge in [0.25, 0.3) is 0 Å². The van der Waals surface area contributed by atoms with Gasteiger partial charge in [-0.2, -0.15) is 13.2 Å². The van der Waals surface area contributed by atoms with E-state index in [1.165, 1.54) is 11.0 Å². The van der Waals surface area contributed by atoms with Gasteiger partial charge in [-0.25, -0.2) is 9.97 Å². The molecule has 20 heavy (non-hydrogen) atoms. The first-order valence-corrected chi connectivity index (χ1v) is 6.37. The average Bonchev–Trinajstić information content (AvgIpc) is 2.36. The highest BCUT2D eigenvalue weighted by atomic mass is 35.5. The van der Waals surface area contributed by atoms with Gasteiger partial charge in [-0.3, -0.25) is 4.79 Å². The molecule has 1 amide bonds. The normalized spacial score (nSPS) is 19.9. The number of nitrogens with zero attached hydrogens (tertiary/aromatic N) is 3. The smallest absolute Gasteiger partial charge is 0.353 e. The van der Waals surface area contributed by atoms with Crippen molar-refractivity contribution in [1.29, 1.82) is 0 Å². The number of amides is 1. The van der Waals surface area contributed by atoms with Gasteiger partial charge in [-0.05, 0) is 6.42 Å².